The quantitative estimate of drug-likeness (QED) is 0.356. The van der Waals surface area contributed by atoms with E-state index in [-0.39, 0.29) is 0 Å². The summed E-state index contributed by atoms with van der Waals surface area (Å²) in [7, 11) is 0. The Balaban J connectivity index is 1.72. The number of benzene rings is 1. The van der Waals surface area contributed by atoms with Crippen molar-refractivity contribution >= 4 is 29.2 Å². The Hall–Kier alpha value is -1.99. The van der Waals surface area contributed by atoms with Crippen molar-refractivity contribution in [2.24, 2.45) is 4.99 Å². The molecular formula is C18H26Cl2N6O. The summed E-state index contributed by atoms with van der Waals surface area (Å²) >= 11 is 12.0. The fourth-order valence-electron chi connectivity index (χ4n) is 2.41. The minimum absolute atomic E-state index is 0.515. The molecule has 0 radical (unpaired) electrons. The Kier molecular flexibility index (Phi) is 9.21. The molecule has 2 aromatic rings. The molecule has 0 saturated heterocycles. The van der Waals surface area contributed by atoms with Gasteiger partial charge in [-0.25, -0.2) is 0 Å². The Bertz CT molecular complexity index is 734. The molecule has 9 heteroatoms. The first-order valence-corrected chi connectivity index (χ1v) is 9.86. The molecule has 1 aromatic carbocycles. The summed E-state index contributed by atoms with van der Waals surface area (Å²) in [5.41, 5.74) is 0. The Morgan fingerprint density at radius 1 is 1.26 bits per heavy atom. The number of ether oxygens (including phenoxy) is 1. The molecule has 0 atom stereocenters. The van der Waals surface area contributed by atoms with Gasteiger partial charge in [-0.3, -0.25) is 4.99 Å². The maximum atomic E-state index is 6.09. The van der Waals surface area contributed by atoms with E-state index in [0.29, 0.717) is 28.9 Å². The first-order chi connectivity index (χ1) is 13.1. The molecule has 2 rings (SSSR count). The molecule has 0 amide bonds. The lowest BCUT2D eigenvalue weighted by molar-refractivity contribution is 0.313. The van der Waals surface area contributed by atoms with Crippen LogP contribution in [0.4, 0.5) is 0 Å². The molecule has 7 nitrogen and oxygen atoms in total. The van der Waals surface area contributed by atoms with Crippen molar-refractivity contribution in [2.75, 3.05) is 26.2 Å². The molecule has 1 heterocycles. The van der Waals surface area contributed by atoms with Gasteiger partial charge in [0, 0.05) is 44.0 Å². The van der Waals surface area contributed by atoms with Crippen LogP contribution in [0.15, 0.2) is 29.5 Å². The van der Waals surface area contributed by atoms with Crippen molar-refractivity contribution in [2.45, 2.75) is 33.2 Å². The van der Waals surface area contributed by atoms with E-state index in [1.807, 2.05) is 11.5 Å². The highest BCUT2D eigenvalue weighted by Crippen LogP contribution is 2.27. The molecule has 0 aliphatic carbocycles. The number of halogens is 2. The number of nitrogens with zero attached hydrogens (tertiary/aromatic N) is 4. The van der Waals surface area contributed by atoms with Crippen LogP contribution < -0.4 is 15.4 Å². The predicted octanol–water partition coefficient (Wildman–Crippen LogP) is 3.17. The van der Waals surface area contributed by atoms with Crippen LogP contribution in [-0.2, 0) is 13.0 Å². The average molecular weight is 413 g/mol. The largest absolute Gasteiger partial charge is 0.492 e. The molecule has 1 aromatic heterocycles. The molecule has 0 fully saturated rings. The molecule has 0 aliphatic heterocycles. The van der Waals surface area contributed by atoms with Crippen molar-refractivity contribution in [3.05, 3.63) is 40.4 Å². The van der Waals surface area contributed by atoms with Gasteiger partial charge in [-0.05, 0) is 25.1 Å². The number of aliphatic imine (C=N–C) groups is 1. The van der Waals surface area contributed by atoms with Crippen LogP contribution in [0.5, 0.6) is 5.75 Å². The summed E-state index contributed by atoms with van der Waals surface area (Å²) < 4.78 is 7.71. The highest BCUT2D eigenvalue weighted by atomic mass is 35.5. The van der Waals surface area contributed by atoms with E-state index in [1.165, 1.54) is 0 Å². The molecule has 0 saturated carbocycles. The lowest BCUT2D eigenvalue weighted by Gasteiger charge is -2.12. The highest BCUT2D eigenvalue weighted by molar-refractivity contribution is 6.35. The van der Waals surface area contributed by atoms with Crippen molar-refractivity contribution in [3.63, 3.8) is 0 Å². The summed E-state index contributed by atoms with van der Waals surface area (Å²) in [6.07, 6.45) is 3.40. The summed E-state index contributed by atoms with van der Waals surface area (Å²) in [6, 6.07) is 5.20. The molecule has 0 unspecified atom stereocenters. The Morgan fingerprint density at radius 3 is 2.85 bits per heavy atom. The van der Waals surface area contributed by atoms with Crippen LogP contribution in [0.1, 0.15) is 26.1 Å². The predicted molar refractivity (Wildman–Crippen MR) is 110 cm³/mol. The van der Waals surface area contributed by atoms with E-state index in [1.54, 1.807) is 24.5 Å². The lowest BCUT2D eigenvalue weighted by Crippen LogP contribution is -2.39. The zero-order valence-electron chi connectivity index (χ0n) is 15.7. The van der Waals surface area contributed by atoms with Crippen molar-refractivity contribution in [3.8, 4) is 5.75 Å². The van der Waals surface area contributed by atoms with Crippen LogP contribution in [0.2, 0.25) is 10.0 Å². The van der Waals surface area contributed by atoms with Gasteiger partial charge in [0.15, 0.2) is 5.96 Å². The van der Waals surface area contributed by atoms with Gasteiger partial charge in [-0.1, -0.05) is 30.1 Å². The average Bonchev–Trinajstić information content (AvgIpc) is 3.10. The summed E-state index contributed by atoms with van der Waals surface area (Å²) in [6.45, 7) is 7.62. The molecule has 27 heavy (non-hydrogen) atoms. The fraction of sp³-hybridized carbons (Fsp3) is 0.500. The van der Waals surface area contributed by atoms with E-state index in [9.17, 15) is 0 Å². The minimum Gasteiger partial charge on any atom is -0.492 e. The van der Waals surface area contributed by atoms with Gasteiger partial charge in [0.05, 0.1) is 11.6 Å². The molecule has 0 bridgehead atoms. The van der Waals surface area contributed by atoms with E-state index >= 15 is 0 Å². The van der Waals surface area contributed by atoms with Crippen molar-refractivity contribution < 1.29 is 4.74 Å². The van der Waals surface area contributed by atoms with E-state index in [2.05, 4.69) is 32.7 Å². The number of aryl methyl sites for hydroxylation is 1. The number of hydrogen-bond donors (Lipinski definition) is 2. The second kappa shape index (κ2) is 11.7. The monoisotopic (exact) mass is 412 g/mol. The third kappa shape index (κ3) is 7.27. The standard InChI is InChI=1S/C18H26Cl2N6O/c1-3-17-25-24-13-26(17)10-9-23-18(21-4-2)22-8-5-11-27-16-7-6-14(19)12-15(16)20/h6-7,12-13H,3-5,8-11H2,1-2H3,(H2,21,22,23). The van der Waals surface area contributed by atoms with Gasteiger partial charge < -0.3 is 19.9 Å². The van der Waals surface area contributed by atoms with Gasteiger partial charge >= 0.3 is 0 Å². The first-order valence-electron chi connectivity index (χ1n) is 9.10. The number of guanidine groups is 1. The zero-order valence-corrected chi connectivity index (χ0v) is 17.2. The maximum Gasteiger partial charge on any atom is 0.191 e. The fourth-order valence-corrected chi connectivity index (χ4v) is 2.87. The molecule has 0 aliphatic rings. The van der Waals surface area contributed by atoms with Crippen LogP contribution in [0.25, 0.3) is 0 Å². The third-order valence-corrected chi connectivity index (χ3v) is 4.26. The Morgan fingerprint density at radius 2 is 2.11 bits per heavy atom. The number of nitrogens with one attached hydrogen (secondary N) is 2. The van der Waals surface area contributed by atoms with E-state index < -0.39 is 0 Å². The molecular weight excluding hydrogens is 387 g/mol. The molecule has 148 valence electrons. The normalized spacial score (nSPS) is 11.5. The maximum absolute atomic E-state index is 6.09. The minimum atomic E-state index is 0.515. The van der Waals surface area contributed by atoms with E-state index in [0.717, 1.165) is 44.3 Å². The van der Waals surface area contributed by atoms with Crippen LogP contribution in [-0.4, -0.2) is 47.0 Å². The lowest BCUT2D eigenvalue weighted by atomic mass is 10.3. The topological polar surface area (TPSA) is 76.4 Å². The Labute approximate surface area is 170 Å². The van der Waals surface area contributed by atoms with E-state index in [4.69, 9.17) is 27.9 Å². The van der Waals surface area contributed by atoms with Gasteiger partial charge in [0.25, 0.3) is 0 Å². The van der Waals surface area contributed by atoms with Gasteiger partial charge in [0.2, 0.25) is 0 Å². The smallest absolute Gasteiger partial charge is 0.191 e. The molecule has 2 N–H and O–H groups in total. The number of hydrogen-bond acceptors (Lipinski definition) is 4. The van der Waals surface area contributed by atoms with Gasteiger partial charge in [-0.15, -0.1) is 10.2 Å². The summed E-state index contributed by atoms with van der Waals surface area (Å²) in [4.78, 5) is 4.56. The van der Waals surface area contributed by atoms with Crippen molar-refractivity contribution in [1.29, 1.82) is 0 Å². The van der Waals surface area contributed by atoms with Gasteiger partial charge in [-0.2, -0.15) is 0 Å². The third-order valence-electron chi connectivity index (χ3n) is 3.73. The zero-order chi connectivity index (χ0) is 19.5. The summed E-state index contributed by atoms with van der Waals surface area (Å²) in [5, 5.41) is 15.7. The van der Waals surface area contributed by atoms with Crippen LogP contribution in [0, 0.1) is 0 Å². The molecule has 0 spiro atoms. The van der Waals surface area contributed by atoms with Crippen molar-refractivity contribution in [1.82, 2.24) is 25.4 Å². The van der Waals surface area contributed by atoms with Gasteiger partial charge in [0.1, 0.15) is 17.9 Å². The van der Waals surface area contributed by atoms with Crippen LogP contribution >= 0.6 is 23.2 Å². The first kappa shape index (κ1) is 21.3. The summed E-state index contributed by atoms with van der Waals surface area (Å²) in [5.74, 6) is 2.40. The second-order valence-electron chi connectivity index (χ2n) is 5.76. The SMILES string of the molecule is CCNC(=NCCCOc1ccc(Cl)cc1Cl)NCCn1cnnc1CC. The van der Waals surface area contributed by atoms with Crippen LogP contribution in [0.3, 0.4) is 0 Å². The number of rotatable bonds is 10. The highest BCUT2D eigenvalue weighted by Gasteiger charge is 2.03. The second-order valence-corrected chi connectivity index (χ2v) is 6.60. The number of aromatic nitrogens is 3.